The SMILES string of the molecule is CC(=O)c1cc(N)cc(C#N)c1C(F)(F)F. The van der Waals surface area contributed by atoms with Crippen molar-refractivity contribution in [2.45, 2.75) is 13.1 Å². The Hall–Kier alpha value is -2.03. The van der Waals surface area contributed by atoms with Gasteiger partial charge in [-0.15, -0.1) is 0 Å². The van der Waals surface area contributed by atoms with Crippen molar-refractivity contribution in [1.82, 2.24) is 0 Å². The zero-order valence-electron chi connectivity index (χ0n) is 8.22. The minimum atomic E-state index is -4.75. The molecular weight excluding hydrogens is 221 g/mol. The van der Waals surface area contributed by atoms with Crippen LogP contribution in [0.15, 0.2) is 12.1 Å². The average Bonchev–Trinajstić information content (AvgIpc) is 2.14. The van der Waals surface area contributed by atoms with E-state index in [-0.39, 0.29) is 5.69 Å². The predicted molar refractivity (Wildman–Crippen MR) is 50.6 cm³/mol. The summed E-state index contributed by atoms with van der Waals surface area (Å²) >= 11 is 0. The number of benzene rings is 1. The number of Topliss-reactive ketones (excluding diaryl/α,β-unsaturated/α-hetero) is 1. The predicted octanol–water partition coefficient (Wildman–Crippen LogP) is 2.36. The van der Waals surface area contributed by atoms with E-state index < -0.39 is 28.6 Å². The lowest BCUT2D eigenvalue weighted by atomic mass is 9.97. The lowest BCUT2D eigenvalue weighted by Crippen LogP contribution is -2.14. The van der Waals surface area contributed by atoms with Crippen molar-refractivity contribution in [3.8, 4) is 6.07 Å². The number of nitriles is 1. The maximum atomic E-state index is 12.6. The summed E-state index contributed by atoms with van der Waals surface area (Å²) in [5.41, 5.74) is 2.82. The highest BCUT2D eigenvalue weighted by Crippen LogP contribution is 2.35. The van der Waals surface area contributed by atoms with Gasteiger partial charge in [-0.3, -0.25) is 4.79 Å². The number of carbonyl (C=O) groups excluding carboxylic acids is 1. The molecule has 0 amide bonds. The third kappa shape index (κ3) is 2.14. The quantitative estimate of drug-likeness (QED) is 0.592. The minimum absolute atomic E-state index is 0.0465. The first-order valence-corrected chi connectivity index (χ1v) is 4.19. The molecule has 3 nitrogen and oxygen atoms in total. The molecule has 0 aliphatic heterocycles. The summed E-state index contributed by atoms with van der Waals surface area (Å²) in [5.74, 6) is -0.781. The topological polar surface area (TPSA) is 66.9 Å². The smallest absolute Gasteiger partial charge is 0.399 e. The number of hydrogen-bond acceptors (Lipinski definition) is 3. The Bertz CT molecular complexity index is 486. The van der Waals surface area contributed by atoms with Crippen LogP contribution in [-0.2, 0) is 6.18 Å². The second-order valence-electron chi connectivity index (χ2n) is 3.16. The fourth-order valence-corrected chi connectivity index (χ4v) is 1.34. The van der Waals surface area contributed by atoms with Crippen LogP contribution in [0, 0.1) is 11.3 Å². The molecule has 1 aromatic carbocycles. The van der Waals surface area contributed by atoms with Crippen LogP contribution in [0.4, 0.5) is 18.9 Å². The highest BCUT2D eigenvalue weighted by atomic mass is 19.4. The van der Waals surface area contributed by atoms with Gasteiger partial charge < -0.3 is 5.73 Å². The zero-order valence-corrected chi connectivity index (χ0v) is 8.22. The van der Waals surface area contributed by atoms with Gasteiger partial charge in [0, 0.05) is 11.3 Å². The minimum Gasteiger partial charge on any atom is -0.399 e. The van der Waals surface area contributed by atoms with E-state index in [9.17, 15) is 18.0 Å². The number of nitrogen functional groups attached to an aromatic ring is 1. The van der Waals surface area contributed by atoms with E-state index in [2.05, 4.69) is 0 Å². The van der Waals surface area contributed by atoms with E-state index in [0.29, 0.717) is 0 Å². The lowest BCUT2D eigenvalue weighted by Gasteiger charge is -2.13. The maximum absolute atomic E-state index is 12.6. The summed E-state index contributed by atoms with van der Waals surface area (Å²) < 4.78 is 37.9. The first kappa shape index (κ1) is 12.0. The van der Waals surface area contributed by atoms with E-state index in [1.54, 1.807) is 0 Å². The number of halogens is 3. The number of anilines is 1. The zero-order chi connectivity index (χ0) is 12.5. The van der Waals surface area contributed by atoms with Crippen molar-refractivity contribution in [3.63, 3.8) is 0 Å². The molecule has 0 fully saturated rings. The van der Waals surface area contributed by atoms with Crippen molar-refractivity contribution in [3.05, 3.63) is 28.8 Å². The van der Waals surface area contributed by atoms with E-state index in [4.69, 9.17) is 11.0 Å². The van der Waals surface area contributed by atoms with E-state index in [1.165, 1.54) is 6.07 Å². The highest BCUT2D eigenvalue weighted by molar-refractivity contribution is 5.97. The number of rotatable bonds is 1. The summed E-state index contributed by atoms with van der Waals surface area (Å²) in [4.78, 5) is 11.1. The number of nitrogens with two attached hydrogens (primary N) is 1. The van der Waals surface area contributed by atoms with Crippen LogP contribution in [0.2, 0.25) is 0 Å². The van der Waals surface area contributed by atoms with Gasteiger partial charge in [0.15, 0.2) is 5.78 Å². The average molecular weight is 228 g/mol. The second-order valence-corrected chi connectivity index (χ2v) is 3.16. The molecule has 0 saturated carbocycles. The molecule has 1 aromatic rings. The summed E-state index contributed by atoms with van der Waals surface area (Å²) in [7, 11) is 0. The van der Waals surface area contributed by atoms with Gasteiger partial charge >= 0.3 is 6.18 Å². The third-order valence-electron chi connectivity index (χ3n) is 1.94. The van der Waals surface area contributed by atoms with Gasteiger partial charge in [-0.2, -0.15) is 18.4 Å². The molecule has 0 atom stereocenters. The number of hydrogen-bond donors (Lipinski definition) is 1. The van der Waals surface area contributed by atoms with Crippen molar-refractivity contribution < 1.29 is 18.0 Å². The summed E-state index contributed by atoms with van der Waals surface area (Å²) in [6.07, 6.45) is -4.75. The molecule has 0 aliphatic rings. The fourth-order valence-electron chi connectivity index (χ4n) is 1.34. The second kappa shape index (κ2) is 3.85. The van der Waals surface area contributed by atoms with Crippen molar-refractivity contribution in [2.75, 3.05) is 5.73 Å². The van der Waals surface area contributed by atoms with Crippen molar-refractivity contribution >= 4 is 11.5 Å². The van der Waals surface area contributed by atoms with Gasteiger partial charge in [-0.25, -0.2) is 0 Å². The summed E-state index contributed by atoms with van der Waals surface area (Å²) in [6.45, 7) is 0.991. The molecule has 0 saturated heterocycles. The molecule has 0 bridgehead atoms. The van der Waals surface area contributed by atoms with Gasteiger partial charge in [0.2, 0.25) is 0 Å². The molecule has 2 N–H and O–H groups in total. The molecule has 0 spiro atoms. The van der Waals surface area contributed by atoms with E-state index in [0.717, 1.165) is 19.1 Å². The van der Waals surface area contributed by atoms with Crippen LogP contribution in [0.3, 0.4) is 0 Å². The fraction of sp³-hybridized carbons (Fsp3) is 0.200. The molecule has 84 valence electrons. The Morgan fingerprint density at radius 1 is 1.44 bits per heavy atom. The number of alkyl halides is 3. The van der Waals surface area contributed by atoms with Gasteiger partial charge in [-0.1, -0.05) is 0 Å². The molecule has 0 heterocycles. The highest BCUT2D eigenvalue weighted by Gasteiger charge is 2.37. The van der Waals surface area contributed by atoms with Gasteiger partial charge in [-0.05, 0) is 19.1 Å². The molecule has 0 aliphatic carbocycles. The van der Waals surface area contributed by atoms with Crippen LogP contribution in [0.25, 0.3) is 0 Å². The maximum Gasteiger partial charge on any atom is 0.418 e. The monoisotopic (exact) mass is 228 g/mol. The van der Waals surface area contributed by atoms with Crippen LogP contribution < -0.4 is 5.73 Å². The first-order valence-electron chi connectivity index (χ1n) is 4.19. The van der Waals surface area contributed by atoms with Crippen LogP contribution in [0.1, 0.15) is 28.4 Å². The number of nitrogens with zero attached hydrogens (tertiary/aromatic N) is 1. The first-order chi connectivity index (χ1) is 7.27. The molecule has 0 unspecified atom stereocenters. The lowest BCUT2D eigenvalue weighted by molar-refractivity contribution is -0.138. The Morgan fingerprint density at radius 3 is 2.38 bits per heavy atom. The van der Waals surface area contributed by atoms with Crippen LogP contribution in [0.5, 0.6) is 0 Å². The third-order valence-corrected chi connectivity index (χ3v) is 1.94. The summed E-state index contributed by atoms with van der Waals surface area (Å²) in [5, 5.41) is 8.60. The molecular formula is C10H7F3N2O. The molecule has 16 heavy (non-hydrogen) atoms. The van der Waals surface area contributed by atoms with Crippen LogP contribution in [-0.4, -0.2) is 5.78 Å². The standard InChI is InChI=1S/C10H7F3N2O/c1-5(16)8-3-7(15)2-6(4-14)9(8)10(11,12)13/h2-3H,15H2,1H3. The van der Waals surface area contributed by atoms with E-state index in [1.807, 2.05) is 0 Å². The normalized spacial score (nSPS) is 10.9. The molecule has 1 rings (SSSR count). The molecule has 0 aromatic heterocycles. The number of ketones is 1. The number of carbonyl (C=O) groups is 1. The van der Waals surface area contributed by atoms with Crippen LogP contribution >= 0.6 is 0 Å². The molecule has 0 radical (unpaired) electrons. The van der Waals surface area contributed by atoms with Gasteiger partial charge in [0.25, 0.3) is 0 Å². The Kier molecular flexibility index (Phi) is 2.90. The van der Waals surface area contributed by atoms with Gasteiger partial charge in [0.05, 0.1) is 17.2 Å². The Labute approximate surface area is 89.3 Å². The Morgan fingerprint density at radius 2 is 2.00 bits per heavy atom. The summed E-state index contributed by atoms with van der Waals surface area (Å²) in [6, 6.07) is 3.21. The van der Waals surface area contributed by atoms with Crippen molar-refractivity contribution in [1.29, 1.82) is 5.26 Å². The van der Waals surface area contributed by atoms with Gasteiger partial charge in [0.1, 0.15) is 0 Å². The molecule has 6 heteroatoms. The van der Waals surface area contributed by atoms with E-state index >= 15 is 0 Å². The largest absolute Gasteiger partial charge is 0.418 e. The van der Waals surface area contributed by atoms with Crippen molar-refractivity contribution in [2.24, 2.45) is 0 Å². The Balaban J connectivity index is 3.67.